The SMILES string of the molecule is COc1ccccc(-c2cccc(-c3ccccc(OC)c3=O)c2)c1=O. The summed E-state index contributed by atoms with van der Waals surface area (Å²) in [5, 5.41) is 0. The molecule has 3 aromatic rings. The molecular weight excluding hydrogens is 328 g/mol. The molecule has 0 aliphatic heterocycles. The molecular formula is C22H18O4. The molecule has 0 heterocycles. The fourth-order valence-electron chi connectivity index (χ4n) is 2.79. The Balaban J connectivity index is 2.22. The molecule has 0 N–H and O–H groups in total. The van der Waals surface area contributed by atoms with Crippen LogP contribution in [-0.4, -0.2) is 14.2 Å². The first-order valence-corrected chi connectivity index (χ1v) is 8.11. The van der Waals surface area contributed by atoms with Crippen molar-refractivity contribution < 1.29 is 9.47 Å². The molecule has 0 radical (unpaired) electrons. The van der Waals surface area contributed by atoms with Crippen molar-refractivity contribution in [3.05, 3.63) is 93.2 Å². The van der Waals surface area contributed by atoms with Crippen molar-refractivity contribution in [2.75, 3.05) is 14.2 Å². The Morgan fingerprint density at radius 2 is 1.00 bits per heavy atom. The molecule has 26 heavy (non-hydrogen) atoms. The molecule has 0 aliphatic rings. The van der Waals surface area contributed by atoms with Crippen LogP contribution in [0.5, 0.6) is 11.5 Å². The first-order chi connectivity index (χ1) is 12.7. The summed E-state index contributed by atoms with van der Waals surface area (Å²) in [5.74, 6) is 0.542. The highest BCUT2D eigenvalue weighted by Gasteiger charge is 2.10. The third kappa shape index (κ3) is 3.35. The van der Waals surface area contributed by atoms with E-state index in [1.165, 1.54) is 14.2 Å². The van der Waals surface area contributed by atoms with Gasteiger partial charge in [0.25, 0.3) is 0 Å². The van der Waals surface area contributed by atoms with Crippen LogP contribution in [0, 0.1) is 0 Å². The predicted molar refractivity (Wildman–Crippen MR) is 103 cm³/mol. The lowest BCUT2D eigenvalue weighted by molar-refractivity contribution is 0.411. The Hall–Kier alpha value is -3.40. The number of rotatable bonds is 4. The van der Waals surface area contributed by atoms with Gasteiger partial charge in [-0.1, -0.05) is 54.6 Å². The molecule has 0 spiro atoms. The van der Waals surface area contributed by atoms with Crippen molar-refractivity contribution in [1.82, 2.24) is 0 Å². The molecule has 0 aromatic heterocycles. The van der Waals surface area contributed by atoms with Crippen molar-refractivity contribution in [2.24, 2.45) is 0 Å². The quantitative estimate of drug-likeness (QED) is 0.722. The van der Waals surface area contributed by atoms with Crippen molar-refractivity contribution in [3.8, 4) is 33.8 Å². The minimum absolute atomic E-state index is 0.201. The van der Waals surface area contributed by atoms with Gasteiger partial charge in [0.2, 0.25) is 10.9 Å². The fourth-order valence-corrected chi connectivity index (χ4v) is 2.79. The second-order valence-corrected chi connectivity index (χ2v) is 5.64. The molecule has 130 valence electrons. The number of benzene rings is 1. The van der Waals surface area contributed by atoms with Gasteiger partial charge in [-0.2, -0.15) is 0 Å². The van der Waals surface area contributed by atoms with Crippen LogP contribution in [0.15, 0.2) is 82.4 Å². The van der Waals surface area contributed by atoms with Crippen LogP contribution < -0.4 is 20.3 Å². The van der Waals surface area contributed by atoms with E-state index >= 15 is 0 Å². The predicted octanol–water partition coefficient (Wildman–Crippen LogP) is 3.76. The van der Waals surface area contributed by atoms with E-state index in [1.54, 1.807) is 48.5 Å². The highest BCUT2D eigenvalue weighted by atomic mass is 16.5. The number of hydrogen-bond donors (Lipinski definition) is 0. The topological polar surface area (TPSA) is 52.6 Å². The van der Waals surface area contributed by atoms with Gasteiger partial charge in [-0.3, -0.25) is 9.59 Å². The zero-order chi connectivity index (χ0) is 18.5. The summed E-state index contributed by atoms with van der Waals surface area (Å²) in [5.41, 5.74) is 2.04. The van der Waals surface area contributed by atoms with Crippen LogP contribution in [0.3, 0.4) is 0 Å². The van der Waals surface area contributed by atoms with E-state index in [-0.39, 0.29) is 22.4 Å². The monoisotopic (exact) mass is 346 g/mol. The van der Waals surface area contributed by atoms with Crippen LogP contribution in [0.1, 0.15) is 0 Å². The highest BCUT2D eigenvalue weighted by molar-refractivity contribution is 5.73. The van der Waals surface area contributed by atoms with E-state index < -0.39 is 0 Å². The maximum absolute atomic E-state index is 12.7. The van der Waals surface area contributed by atoms with E-state index in [9.17, 15) is 9.59 Å². The molecule has 0 saturated carbocycles. The number of ether oxygens (including phenoxy) is 2. The summed E-state index contributed by atoms with van der Waals surface area (Å²) in [4.78, 5) is 25.3. The lowest BCUT2D eigenvalue weighted by atomic mass is 10.00. The zero-order valence-corrected chi connectivity index (χ0v) is 14.6. The molecule has 4 heteroatoms. The second kappa shape index (κ2) is 7.66. The van der Waals surface area contributed by atoms with E-state index in [1.807, 2.05) is 24.3 Å². The van der Waals surface area contributed by atoms with Crippen LogP contribution in [-0.2, 0) is 0 Å². The largest absolute Gasteiger partial charge is 0.493 e. The average molecular weight is 346 g/mol. The van der Waals surface area contributed by atoms with E-state index in [0.29, 0.717) is 22.3 Å². The van der Waals surface area contributed by atoms with Gasteiger partial charge in [-0.25, -0.2) is 0 Å². The van der Waals surface area contributed by atoms with E-state index in [4.69, 9.17) is 9.47 Å². The smallest absolute Gasteiger partial charge is 0.228 e. The van der Waals surface area contributed by atoms with Gasteiger partial charge in [-0.05, 0) is 29.3 Å². The number of methoxy groups -OCH3 is 2. The molecule has 0 atom stereocenters. The molecule has 0 amide bonds. The fraction of sp³-hybridized carbons (Fsp3) is 0.0909. The Bertz CT molecular complexity index is 976. The Labute approximate surface area is 151 Å². The van der Waals surface area contributed by atoms with Gasteiger partial charge in [-0.15, -0.1) is 0 Å². The minimum Gasteiger partial charge on any atom is -0.493 e. The van der Waals surface area contributed by atoms with Crippen LogP contribution in [0.25, 0.3) is 22.3 Å². The van der Waals surface area contributed by atoms with Crippen LogP contribution in [0.2, 0.25) is 0 Å². The maximum atomic E-state index is 12.7. The van der Waals surface area contributed by atoms with Gasteiger partial charge < -0.3 is 9.47 Å². The van der Waals surface area contributed by atoms with Crippen LogP contribution in [0.4, 0.5) is 0 Å². The minimum atomic E-state index is -0.201. The molecule has 3 rings (SSSR count). The van der Waals surface area contributed by atoms with Gasteiger partial charge in [0.1, 0.15) is 0 Å². The third-order valence-corrected chi connectivity index (χ3v) is 4.10. The Morgan fingerprint density at radius 3 is 1.42 bits per heavy atom. The summed E-state index contributed by atoms with van der Waals surface area (Å²) in [6, 6.07) is 21.2. The van der Waals surface area contributed by atoms with Gasteiger partial charge >= 0.3 is 0 Å². The summed E-state index contributed by atoms with van der Waals surface area (Å²) >= 11 is 0. The Morgan fingerprint density at radius 1 is 0.577 bits per heavy atom. The summed E-state index contributed by atoms with van der Waals surface area (Å²) in [7, 11) is 2.94. The summed E-state index contributed by atoms with van der Waals surface area (Å²) < 4.78 is 10.3. The van der Waals surface area contributed by atoms with Gasteiger partial charge in [0, 0.05) is 11.1 Å². The van der Waals surface area contributed by atoms with Crippen molar-refractivity contribution in [1.29, 1.82) is 0 Å². The average Bonchev–Trinajstić information content (AvgIpc) is 2.97. The molecule has 0 aliphatic carbocycles. The number of hydrogen-bond acceptors (Lipinski definition) is 4. The standard InChI is InChI=1S/C22H18O4/c1-25-19-12-5-3-10-17(21(19)23)15-8-7-9-16(14-15)18-11-4-6-13-20(26-2)22(18)24/h3-14H,1-2H3. The molecule has 0 fully saturated rings. The third-order valence-electron chi connectivity index (χ3n) is 4.10. The lowest BCUT2D eigenvalue weighted by Crippen LogP contribution is -2.06. The zero-order valence-electron chi connectivity index (χ0n) is 14.6. The molecule has 4 nitrogen and oxygen atoms in total. The Kier molecular flexibility index (Phi) is 5.13. The maximum Gasteiger partial charge on any atom is 0.228 e. The van der Waals surface area contributed by atoms with Crippen molar-refractivity contribution in [3.63, 3.8) is 0 Å². The highest BCUT2D eigenvalue weighted by Crippen LogP contribution is 2.24. The van der Waals surface area contributed by atoms with Gasteiger partial charge in [0.05, 0.1) is 14.2 Å². The van der Waals surface area contributed by atoms with Gasteiger partial charge in [0.15, 0.2) is 11.5 Å². The first kappa shape index (κ1) is 17.4. The molecule has 3 aromatic carbocycles. The molecule has 0 saturated heterocycles. The summed E-state index contributed by atoms with van der Waals surface area (Å²) in [6.07, 6.45) is 0. The normalized spacial score (nSPS) is 10.2. The van der Waals surface area contributed by atoms with Crippen molar-refractivity contribution in [2.45, 2.75) is 0 Å². The first-order valence-electron chi connectivity index (χ1n) is 8.11. The summed E-state index contributed by atoms with van der Waals surface area (Å²) in [6.45, 7) is 0. The second-order valence-electron chi connectivity index (χ2n) is 5.64. The molecule has 0 unspecified atom stereocenters. The lowest BCUT2D eigenvalue weighted by Gasteiger charge is -2.04. The van der Waals surface area contributed by atoms with E-state index in [2.05, 4.69) is 0 Å². The van der Waals surface area contributed by atoms with Crippen molar-refractivity contribution >= 4 is 0 Å². The van der Waals surface area contributed by atoms with Crippen LogP contribution >= 0.6 is 0 Å². The van der Waals surface area contributed by atoms with E-state index in [0.717, 1.165) is 0 Å². The molecule has 0 bridgehead atoms.